The highest BCUT2D eigenvalue weighted by Crippen LogP contribution is 2.36. The Kier molecular flexibility index (Phi) is 3.89. The zero-order valence-electron chi connectivity index (χ0n) is 11.3. The van der Waals surface area contributed by atoms with Gasteiger partial charge in [0, 0.05) is 6.04 Å². The Morgan fingerprint density at radius 3 is 2.83 bits per heavy atom. The van der Waals surface area contributed by atoms with Crippen molar-refractivity contribution in [3.05, 3.63) is 6.33 Å². The standard InChI is InChI=1S/C13H22N4O/c1-4-9-5-6-10(8(9)2)17-12-11(14)13(18-3)16-7-15-12/h7-10H,4-6,14H2,1-3H3,(H,15,16,17). The van der Waals surface area contributed by atoms with Crippen LogP contribution < -0.4 is 15.8 Å². The van der Waals surface area contributed by atoms with Gasteiger partial charge in [-0.3, -0.25) is 0 Å². The van der Waals surface area contributed by atoms with Gasteiger partial charge in [-0.2, -0.15) is 4.98 Å². The third-order valence-corrected chi connectivity index (χ3v) is 4.11. The van der Waals surface area contributed by atoms with Gasteiger partial charge in [0.2, 0.25) is 5.88 Å². The Morgan fingerprint density at radius 1 is 1.44 bits per heavy atom. The van der Waals surface area contributed by atoms with E-state index in [2.05, 4.69) is 29.1 Å². The van der Waals surface area contributed by atoms with Crippen molar-refractivity contribution in [2.24, 2.45) is 11.8 Å². The smallest absolute Gasteiger partial charge is 0.242 e. The van der Waals surface area contributed by atoms with Crippen LogP contribution in [0.25, 0.3) is 0 Å². The Labute approximate surface area is 108 Å². The molecule has 5 heteroatoms. The number of nitrogens with two attached hydrogens (primary N) is 1. The van der Waals surface area contributed by atoms with Gasteiger partial charge in [0.1, 0.15) is 12.0 Å². The first-order valence-corrected chi connectivity index (χ1v) is 6.58. The molecule has 5 nitrogen and oxygen atoms in total. The molecule has 0 aromatic carbocycles. The molecule has 1 heterocycles. The molecule has 100 valence electrons. The van der Waals surface area contributed by atoms with E-state index in [9.17, 15) is 0 Å². The molecule has 0 spiro atoms. The first-order valence-electron chi connectivity index (χ1n) is 6.58. The van der Waals surface area contributed by atoms with Gasteiger partial charge in [-0.05, 0) is 24.7 Å². The summed E-state index contributed by atoms with van der Waals surface area (Å²) in [7, 11) is 1.56. The Morgan fingerprint density at radius 2 is 2.22 bits per heavy atom. The van der Waals surface area contributed by atoms with Gasteiger partial charge < -0.3 is 15.8 Å². The second kappa shape index (κ2) is 5.42. The van der Waals surface area contributed by atoms with E-state index in [0.29, 0.717) is 29.3 Å². The molecule has 0 radical (unpaired) electrons. The predicted molar refractivity (Wildman–Crippen MR) is 72.6 cm³/mol. The van der Waals surface area contributed by atoms with Gasteiger partial charge in [-0.1, -0.05) is 20.3 Å². The molecular weight excluding hydrogens is 228 g/mol. The third-order valence-electron chi connectivity index (χ3n) is 4.11. The highest BCUT2D eigenvalue weighted by Gasteiger charge is 2.32. The maximum absolute atomic E-state index is 5.97. The van der Waals surface area contributed by atoms with Gasteiger partial charge in [-0.15, -0.1) is 0 Å². The van der Waals surface area contributed by atoms with Crippen LogP contribution in [0.15, 0.2) is 6.33 Å². The molecule has 1 fully saturated rings. The maximum Gasteiger partial charge on any atom is 0.242 e. The number of hydrogen-bond donors (Lipinski definition) is 2. The summed E-state index contributed by atoms with van der Waals surface area (Å²) in [5.41, 5.74) is 6.46. The fourth-order valence-electron chi connectivity index (χ4n) is 2.86. The summed E-state index contributed by atoms with van der Waals surface area (Å²) < 4.78 is 5.10. The van der Waals surface area contributed by atoms with Crippen molar-refractivity contribution in [3.63, 3.8) is 0 Å². The lowest BCUT2D eigenvalue weighted by Gasteiger charge is -2.22. The lowest BCUT2D eigenvalue weighted by atomic mass is 9.93. The van der Waals surface area contributed by atoms with Crippen LogP contribution in [-0.4, -0.2) is 23.1 Å². The molecule has 1 aromatic heterocycles. The van der Waals surface area contributed by atoms with Gasteiger partial charge in [0.05, 0.1) is 7.11 Å². The molecule has 1 aliphatic carbocycles. The predicted octanol–water partition coefficient (Wildman–Crippen LogP) is 2.30. The summed E-state index contributed by atoms with van der Waals surface area (Å²) in [5, 5.41) is 3.44. The molecule has 3 atom stereocenters. The monoisotopic (exact) mass is 250 g/mol. The first-order chi connectivity index (χ1) is 8.67. The number of nitrogens with zero attached hydrogens (tertiary/aromatic N) is 2. The fourth-order valence-corrected chi connectivity index (χ4v) is 2.86. The number of nitrogen functional groups attached to an aromatic ring is 1. The summed E-state index contributed by atoms with van der Waals surface area (Å²) in [6.07, 6.45) is 5.17. The number of anilines is 2. The number of aromatic nitrogens is 2. The van der Waals surface area contributed by atoms with Crippen molar-refractivity contribution >= 4 is 11.5 Å². The molecule has 0 amide bonds. The van der Waals surface area contributed by atoms with E-state index in [0.717, 1.165) is 5.92 Å². The lowest BCUT2D eigenvalue weighted by Crippen LogP contribution is -2.25. The van der Waals surface area contributed by atoms with Crippen LogP contribution in [0.3, 0.4) is 0 Å². The molecule has 3 unspecified atom stereocenters. The summed E-state index contributed by atoms with van der Waals surface area (Å²) >= 11 is 0. The van der Waals surface area contributed by atoms with E-state index in [-0.39, 0.29) is 0 Å². The zero-order chi connectivity index (χ0) is 13.1. The van der Waals surface area contributed by atoms with Crippen LogP contribution in [0.5, 0.6) is 5.88 Å². The van der Waals surface area contributed by atoms with Crippen molar-refractivity contribution in [2.75, 3.05) is 18.2 Å². The summed E-state index contributed by atoms with van der Waals surface area (Å²) in [5.74, 6) is 2.57. The molecule has 18 heavy (non-hydrogen) atoms. The molecule has 3 N–H and O–H groups in total. The number of hydrogen-bond acceptors (Lipinski definition) is 5. The van der Waals surface area contributed by atoms with Crippen molar-refractivity contribution < 1.29 is 4.74 Å². The van der Waals surface area contributed by atoms with Gasteiger partial charge in [-0.25, -0.2) is 4.98 Å². The van der Waals surface area contributed by atoms with E-state index in [1.165, 1.54) is 25.6 Å². The molecule has 1 aromatic rings. The highest BCUT2D eigenvalue weighted by molar-refractivity contribution is 5.66. The Bertz CT molecular complexity index is 410. The summed E-state index contributed by atoms with van der Waals surface area (Å²) in [6, 6.07) is 0.442. The van der Waals surface area contributed by atoms with E-state index in [1.807, 2.05) is 0 Å². The van der Waals surface area contributed by atoms with Crippen LogP contribution in [0, 0.1) is 11.8 Å². The molecular formula is C13H22N4O. The lowest BCUT2D eigenvalue weighted by molar-refractivity contribution is 0.390. The first kappa shape index (κ1) is 12.9. The fraction of sp³-hybridized carbons (Fsp3) is 0.692. The Hall–Kier alpha value is -1.52. The maximum atomic E-state index is 5.97. The number of rotatable bonds is 4. The molecule has 1 saturated carbocycles. The second-order valence-electron chi connectivity index (χ2n) is 5.00. The topological polar surface area (TPSA) is 73.1 Å². The van der Waals surface area contributed by atoms with Crippen LogP contribution in [0.4, 0.5) is 11.5 Å². The quantitative estimate of drug-likeness (QED) is 0.857. The summed E-state index contributed by atoms with van der Waals surface area (Å²) in [4.78, 5) is 8.19. The van der Waals surface area contributed by atoms with Crippen molar-refractivity contribution in [1.29, 1.82) is 0 Å². The largest absolute Gasteiger partial charge is 0.479 e. The van der Waals surface area contributed by atoms with Crippen LogP contribution in [-0.2, 0) is 0 Å². The SMILES string of the molecule is CCC1CCC(Nc2ncnc(OC)c2N)C1C. The molecule has 0 bridgehead atoms. The summed E-state index contributed by atoms with van der Waals surface area (Å²) in [6.45, 7) is 4.55. The molecule has 0 aliphatic heterocycles. The van der Waals surface area contributed by atoms with Gasteiger partial charge in [0.25, 0.3) is 0 Å². The Balaban J connectivity index is 2.11. The second-order valence-corrected chi connectivity index (χ2v) is 5.00. The van der Waals surface area contributed by atoms with Gasteiger partial charge >= 0.3 is 0 Å². The van der Waals surface area contributed by atoms with Crippen molar-refractivity contribution in [3.8, 4) is 5.88 Å². The normalized spacial score (nSPS) is 27.2. The zero-order valence-corrected chi connectivity index (χ0v) is 11.3. The van der Waals surface area contributed by atoms with E-state index in [4.69, 9.17) is 10.5 Å². The van der Waals surface area contributed by atoms with Crippen LogP contribution in [0.1, 0.15) is 33.1 Å². The average Bonchev–Trinajstić information content (AvgIpc) is 2.73. The minimum Gasteiger partial charge on any atom is -0.479 e. The number of methoxy groups -OCH3 is 1. The van der Waals surface area contributed by atoms with Crippen molar-refractivity contribution in [1.82, 2.24) is 9.97 Å². The molecule has 2 rings (SSSR count). The van der Waals surface area contributed by atoms with E-state index in [1.54, 1.807) is 7.11 Å². The van der Waals surface area contributed by atoms with Crippen LogP contribution in [0.2, 0.25) is 0 Å². The number of ether oxygens (including phenoxy) is 1. The number of nitrogens with one attached hydrogen (secondary N) is 1. The minimum absolute atomic E-state index is 0.435. The van der Waals surface area contributed by atoms with E-state index < -0.39 is 0 Å². The molecule has 1 aliphatic rings. The average molecular weight is 250 g/mol. The minimum atomic E-state index is 0.435. The molecule has 0 saturated heterocycles. The van der Waals surface area contributed by atoms with Gasteiger partial charge in [0.15, 0.2) is 5.82 Å². The third kappa shape index (κ3) is 2.35. The highest BCUT2D eigenvalue weighted by atomic mass is 16.5. The van der Waals surface area contributed by atoms with Crippen LogP contribution >= 0.6 is 0 Å². The van der Waals surface area contributed by atoms with E-state index >= 15 is 0 Å². The van der Waals surface area contributed by atoms with Crippen molar-refractivity contribution in [2.45, 2.75) is 39.2 Å².